The van der Waals surface area contributed by atoms with Crippen LogP contribution in [0, 0.1) is 17.0 Å². The van der Waals surface area contributed by atoms with Crippen LogP contribution in [0.5, 0.6) is 0 Å². The molecule has 1 aromatic carbocycles. The lowest BCUT2D eigenvalue weighted by Crippen LogP contribution is -2.42. The summed E-state index contributed by atoms with van der Waals surface area (Å²) in [6, 6.07) is 7.55. The highest BCUT2D eigenvalue weighted by Crippen LogP contribution is 2.33. The average molecular weight is 503 g/mol. The van der Waals surface area contributed by atoms with Crippen LogP contribution in [0.2, 0.25) is 0 Å². The number of hydrogen-bond donors (Lipinski definition) is 3. The molecule has 0 amide bonds. The molecule has 1 saturated carbocycles. The zero-order valence-corrected chi connectivity index (χ0v) is 21.7. The summed E-state index contributed by atoms with van der Waals surface area (Å²) in [5.74, 6) is -0.119. The molecule has 4 rings (SSSR count). The van der Waals surface area contributed by atoms with Crippen molar-refractivity contribution >= 4 is 11.5 Å². The molecule has 0 bridgehead atoms. The summed E-state index contributed by atoms with van der Waals surface area (Å²) in [7, 11) is 1.72. The van der Waals surface area contributed by atoms with Crippen LogP contribution < -0.4 is 16.0 Å². The van der Waals surface area contributed by atoms with Crippen molar-refractivity contribution in [2.24, 2.45) is 5.41 Å². The van der Waals surface area contributed by atoms with Crippen molar-refractivity contribution in [2.45, 2.75) is 70.5 Å². The van der Waals surface area contributed by atoms with Gasteiger partial charge in [0.25, 0.3) is 0 Å². The fourth-order valence-electron chi connectivity index (χ4n) is 5.23. The van der Waals surface area contributed by atoms with Gasteiger partial charge < -0.3 is 25.4 Å². The molecule has 0 spiro atoms. The first-order chi connectivity index (χ1) is 17.3. The van der Waals surface area contributed by atoms with Crippen LogP contribution in [0.3, 0.4) is 0 Å². The van der Waals surface area contributed by atoms with E-state index in [0.29, 0.717) is 47.9 Å². The first-order valence-electron chi connectivity index (χ1n) is 13.1. The number of pyridine rings is 1. The van der Waals surface area contributed by atoms with E-state index in [2.05, 4.69) is 34.8 Å². The Kier molecular flexibility index (Phi) is 9.14. The minimum absolute atomic E-state index is 0.0516. The van der Waals surface area contributed by atoms with Gasteiger partial charge in [-0.15, -0.1) is 0 Å². The van der Waals surface area contributed by atoms with Gasteiger partial charge in [0.05, 0.1) is 18.5 Å². The summed E-state index contributed by atoms with van der Waals surface area (Å²) >= 11 is 0. The summed E-state index contributed by atoms with van der Waals surface area (Å²) in [6.07, 6.45) is 7.27. The Hall–Kier alpha value is -2.29. The molecule has 2 aromatic rings. The van der Waals surface area contributed by atoms with Gasteiger partial charge in [-0.2, -0.15) is 0 Å². The van der Waals surface area contributed by atoms with Crippen LogP contribution in [-0.2, 0) is 9.47 Å². The van der Waals surface area contributed by atoms with Gasteiger partial charge in [0, 0.05) is 50.6 Å². The van der Waals surface area contributed by atoms with E-state index in [4.69, 9.17) is 9.47 Å². The number of aromatic nitrogens is 1. The number of rotatable bonds is 10. The van der Waals surface area contributed by atoms with E-state index >= 15 is 0 Å². The van der Waals surface area contributed by atoms with Crippen LogP contribution in [0.15, 0.2) is 30.5 Å². The highest BCUT2D eigenvalue weighted by molar-refractivity contribution is 5.71. The van der Waals surface area contributed by atoms with Crippen LogP contribution in [0.25, 0.3) is 11.1 Å². The van der Waals surface area contributed by atoms with Crippen LogP contribution in [0.4, 0.5) is 20.3 Å². The van der Waals surface area contributed by atoms with Gasteiger partial charge in [-0.05, 0) is 74.6 Å². The van der Waals surface area contributed by atoms with E-state index in [9.17, 15) is 8.78 Å². The summed E-state index contributed by atoms with van der Waals surface area (Å²) in [6.45, 7) is 7.13. The van der Waals surface area contributed by atoms with Crippen molar-refractivity contribution in [1.82, 2.24) is 10.3 Å². The summed E-state index contributed by atoms with van der Waals surface area (Å²) < 4.78 is 40.1. The third kappa shape index (κ3) is 7.14. The Morgan fingerprint density at radius 3 is 2.53 bits per heavy atom. The third-order valence-electron chi connectivity index (χ3n) is 7.55. The van der Waals surface area contributed by atoms with E-state index in [0.717, 1.165) is 51.7 Å². The molecule has 36 heavy (non-hydrogen) atoms. The number of methoxy groups -OCH3 is 1. The minimum Gasteiger partial charge on any atom is -0.383 e. The summed E-state index contributed by atoms with van der Waals surface area (Å²) in [5, 5.41) is 10.4. The zero-order chi connectivity index (χ0) is 25.5. The molecule has 1 aromatic heterocycles. The summed E-state index contributed by atoms with van der Waals surface area (Å²) in [5.41, 5.74) is 1.48. The molecule has 2 fully saturated rings. The van der Waals surface area contributed by atoms with E-state index in [1.807, 2.05) is 0 Å². The van der Waals surface area contributed by atoms with Gasteiger partial charge in [0.2, 0.25) is 0 Å². The Balaban J connectivity index is 1.39. The van der Waals surface area contributed by atoms with Crippen molar-refractivity contribution in [1.29, 1.82) is 0 Å². The van der Waals surface area contributed by atoms with E-state index in [1.165, 1.54) is 12.3 Å². The molecule has 1 aliphatic carbocycles. The molecule has 0 radical (unpaired) electrons. The lowest BCUT2D eigenvalue weighted by atomic mass is 9.82. The van der Waals surface area contributed by atoms with Gasteiger partial charge in [0.1, 0.15) is 17.5 Å². The Bertz CT molecular complexity index is 992. The van der Waals surface area contributed by atoms with Crippen molar-refractivity contribution in [2.75, 3.05) is 44.1 Å². The van der Waals surface area contributed by atoms with Gasteiger partial charge in [-0.3, -0.25) is 0 Å². The molecule has 1 aliphatic heterocycles. The second-order valence-electron chi connectivity index (χ2n) is 10.7. The largest absolute Gasteiger partial charge is 0.383 e. The van der Waals surface area contributed by atoms with Gasteiger partial charge in [0.15, 0.2) is 0 Å². The first kappa shape index (κ1) is 26.8. The molecular weight excluding hydrogens is 462 g/mol. The van der Waals surface area contributed by atoms with E-state index in [1.54, 1.807) is 25.3 Å². The highest BCUT2D eigenvalue weighted by atomic mass is 19.1. The quantitative estimate of drug-likeness (QED) is 0.393. The Morgan fingerprint density at radius 1 is 1.08 bits per heavy atom. The minimum atomic E-state index is -0.422. The van der Waals surface area contributed by atoms with Crippen molar-refractivity contribution < 1.29 is 18.3 Å². The number of ether oxygens (including phenoxy) is 2. The molecule has 2 heterocycles. The van der Waals surface area contributed by atoms with Crippen LogP contribution in [-0.4, -0.2) is 56.6 Å². The maximum Gasteiger partial charge on any atom is 0.149 e. The highest BCUT2D eigenvalue weighted by Gasteiger charge is 2.27. The van der Waals surface area contributed by atoms with Crippen LogP contribution >= 0.6 is 0 Å². The standard InChI is InChI=1S/C28H40F2N4O2/c1-19(17-35-3)33-21-5-7-22(8-6-21)34-27-15-23(25(30)16-31-27)20-4-9-24(29)26(14-20)32-18-28(2)10-12-36-13-11-28/h4,9,14-16,19,21-22,32-33H,5-8,10-13,17-18H2,1-3H3,(H,31,34)/t19-,21-,22-/m1/s1. The fraction of sp³-hybridized carbons (Fsp3) is 0.607. The lowest BCUT2D eigenvalue weighted by Gasteiger charge is -2.34. The molecule has 1 atom stereocenters. The van der Waals surface area contributed by atoms with Gasteiger partial charge in [-0.1, -0.05) is 13.0 Å². The molecular formula is C28H40F2N4O2. The number of anilines is 2. The topological polar surface area (TPSA) is 67.4 Å². The molecule has 2 aliphatic rings. The average Bonchev–Trinajstić information content (AvgIpc) is 2.87. The normalized spacial score (nSPS) is 22.7. The van der Waals surface area contributed by atoms with Gasteiger partial charge >= 0.3 is 0 Å². The maximum atomic E-state index is 14.8. The first-order valence-corrected chi connectivity index (χ1v) is 13.1. The van der Waals surface area contributed by atoms with Crippen molar-refractivity contribution in [3.05, 3.63) is 42.1 Å². The van der Waals surface area contributed by atoms with Crippen molar-refractivity contribution in [3.63, 3.8) is 0 Å². The summed E-state index contributed by atoms with van der Waals surface area (Å²) in [4.78, 5) is 4.28. The number of nitrogens with one attached hydrogen (secondary N) is 3. The molecule has 1 saturated heterocycles. The number of nitrogens with zero attached hydrogens (tertiary/aromatic N) is 1. The fourth-order valence-corrected chi connectivity index (χ4v) is 5.23. The molecule has 8 heteroatoms. The lowest BCUT2D eigenvalue weighted by molar-refractivity contribution is 0.0300. The Labute approximate surface area is 213 Å². The second kappa shape index (κ2) is 12.3. The number of halogens is 2. The second-order valence-corrected chi connectivity index (χ2v) is 10.7. The van der Waals surface area contributed by atoms with E-state index < -0.39 is 5.82 Å². The number of hydrogen-bond acceptors (Lipinski definition) is 6. The molecule has 0 unspecified atom stereocenters. The zero-order valence-electron chi connectivity index (χ0n) is 21.7. The molecule has 3 N–H and O–H groups in total. The van der Waals surface area contributed by atoms with Crippen LogP contribution in [0.1, 0.15) is 52.4 Å². The molecule has 6 nitrogen and oxygen atoms in total. The maximum absolute atomic E-state index is 14.8. The third-order valence-corrected chi connectivity index (χ3v) is 7.55. The Morgan fingerprint density at radius 2 is 1.81 bits per heavy atom. The van der Waals surface area contributed by atoms with E-state index in [-0.39, 0.29) is 17.3 Å². The number of benzene rings is 1. The van der Waals surface area contributed by atoms with Crippen molar-refractivity contribution in [3.8, 4) is 11.1 Å². The monoisotopic (exact) mass is 502 g/mol. The predicted molar refractivity (Wildman–Crippen MR) is 140 cm³/mol. The predicted octanol–water partition coefficient (Wildman–Crippen LogP) is 5.60. The van der Waals surface area contributed by atoms with Gasteiger partial charge in [-0.25, -0.2) is 13.8 Å². The smallest absolute Gasteiger partial charge is 0.149 e. The SMILES string of the molecule is COC[C@@H](C)N[C@H]1CC[C@H](Nc2cc(-c3ccc(F)c(NCC4(C)CCOCC4)c3)c(F)cn2)CC1. The molecule has 198 valence electrons.